The number of aliphatic carboxylic acids is 1. The van der Waals surface area contributed by atoms with Crippen molar-refractivity contribution in [1.29, 1.82) is 0 Å². The number of benzene rings is 2. The first-order chi connectivity index (χ1) is 27.8. The van der Waals surface area contributed by atoms with Crippen LogP contribution in [0.4, 0.5) is 4.79 Å². The van der Waals surface area contributed by atoms with Crippen molar-refractivity contribution in [3.63, 3.8) is 0 Å². The lowest BCUT2D eigenvalue weighted by Crippen LogP contribution is -2.68. The highest BCUT2D eigenvalue weighted by Gasteiger charge is 2.56. The molecule has 1 aliphatic heterocycles. The van der Waals surface area contributed by atoms with Crippen LogP contribution in [0.15, 0.2) is 48.7 Å². The number of aromatic nitrogens is 3. The predicted octanol–water partition coefficient (Wildman–Crippen LogP) is 2.18. The number of rotatable bonds is 15. The molecule has 2 aromatic carbocycles. The molecule has 2 fully saturated rings. The van der Waals surface area contributed by atoms with Crippen LogP contribution in [0, 0.1) is 19.8 Å². The van der Waals surface area contributed by atoms with Crippen molar-refractivity contribution < 1.29 is 58.9 Å². The third-order valence-corrected chi connectivity index (χ3v) is 10.6. The zero-order valence-electron chi connectivity index (χ0n) is 34.0. The summed E-state index contributed by atoms with van der Waals surface area (Å²) in [7, 11) is 0. The number of amides is 3. The Kier molecular flexibility index (Phi) is 14.7. The maximum Gasteiger partial charge on any atom is 0.407 e. The largest absolute Gasteiger partial charge is 0.507 e. The fourth-order valence-electron chi connectivity index (χ4n) is 7.38. The number of carboxylic acid groups (broad SMARTS) is 1. The van der Waals surface area contributed by atoms with Gasteiger partial charge < -0.3 is 55.7 Å². The molecule has 0 spiro atoms. The molecule has 18 heteroatoms. The van der Waals surface area contributed by atoms with E-state index in [0.717, 1.165) is 25.7 Å². The summed E-state index contributed by atoms with van der Waals surface area (Å²) in [5.41, 5.74) is 1.79. The summed E-state index contributed by atoms with van der Waals surface area (Å²) < 4.78 is 18.4. The van der Waals surface area contributed by atoms with Gasteiger partial charge in [0.2, 0.25) is 5.91 Å². The van der Waals surface area contributed by atoms with Crippen molar-refractivity contribution in [3.05, 3.63) is 76.6 Å². The van der Waals surface area contributed by atoms with Crippen LogP contribution in [0.25, 0.3) is 0 Å². The number of hydrogen-bond acceptors (Lipinski definition) is 13. The van der Waals surface area contributed by atoms with E-state index >= 15 is 0 Å². The number of alkyl carbamates (subject to hydrolysis) is 1. The third kappa shape index (κ3) is 12.0. The highest BCUT2D eigenvalue weighted by atomic mass is 16.7. The number of carboxylic acids is 1. The molecule has 1 saturated heterocycles. The maximum atomic E-state index is 13.5. The first-order valence-electron chi connectivity index (χ1n) is 19.7. The fourth-order valence-corrected chi connectivity index (χ4v) is 7.38. The van der Waals surface area contributed by atoms with E-state index < -0.39 is 78.7 Å². The molecule has 3 aromatic rings. The molecule has 6 atom stereocenters. The number of ether oxygens (including phenoxy) is 3. The van der Waals surface area contributed by atoms with Gasteiger partial charge in [-0.25, -0.2) is 14.3 Å². The third-order valence-electron chi connectivity index (χ3n) is 10.6. The highest BCUT2D eigenvalue weighted by Crippen LogP contribution is 2.36. The van der Waals surface area contributed by atoms with E-state index in [2.05, 4.69) is 26.3 Å². The number of aryl methyl sites for hydroxylation is 2. The minimum atomic E-state index is -2.50. The lowest BCUT2D eigenvalue weighted by molar-refractivity contribution is -0.314. The Morgan fingerprint density at radius 3 is 2.31 bits per heavy atom. The second-order valence-corrected chi connectivity index (χ2v) is 16.4. The fraction of sp³-hybridized carbons (Fsp3) is 0.561. The molecule has 2 heterocycles. The minimum Gasteiger partial charge on any atom is -0.507 e. The zero-order valence-corrected chi connectivity index (χ0v) is 34.0. The zero-order chi connectivity index (χ0) is 43.1. The number of carbonyl (C=O) groups is 4. The molecule has 18 nitrogen and oxygen atoms in total. The van der Waals surface area contributed by atoms with Crippen LogP contribution < -0.4 is 16.0 Å². The van der Waals surface area contributed by atoms with Gasteiger partial charge in [-0.1, -0.05) is 35.5 Å². The highest BCUT2D eigenvalue weighted by molar-refractivity contribution is 5.95. The summed E-state index contributed by atoms with van der Waals surface area (Å²) in [6.45, 7) is 8.02. The van der Waals surface area contributed by atoms with Crippen molar-refractivity contribution >= 4 is 23.9 Å². The molecule has 2 aliphatic rings. The van der Waals surface area contributed by atoms with Crippen molar-refractivity contribution in [2.24, 2.45) is 5.92 Å². The number of hydrogen-bond donors (Lipinski definition) is 8. The number of nitrogens with zero attached hydrogens (tertiary/aromatic N) is 3. The standard InChI is InChI=1S/C41H56N6O12/c1-23-15-28(16-24(2)34(23)51)37(53)42-19-31(49)35(52)36-33(30(48)17-41(58-36,38(54)55)57-22-26-9-7-6-8-10-26)44-32(50)21-47-20-29(45-46-47)27-13-11-25(12-14-27)18-43-39(56)59-40(3,4)5/h6-10,15-16,20,25,27,30-31,33,35-36,48-49,51-52H,11-14,17-19,21-22H2,1-5H3,(H,42,53)(H,43,56)(H,44,50)(H,54,55)/t25?,27?,30-,31+,33+,35+,36+,41+/m0/s1. The number of phenolic OH excluding ortho intramolecular Hbond substituents is 1. The van der Waals surface area contributed by atoms with Crippen molar-refractivity contribution in [3.8, 4) is 5.75 Å². The Hall–Kier alpha value is -5.14. The molecule has 8 N–H and O–H groups in total. The molecular weight excluding hydrogens is 768 g/mol. The molecule has 322 valence electrons. The maximum absolute atomic E-state index is 13.5. The Labute approximate surface area is 342 Å². The number of nitrogens with one attached hydrogen (secondary N) is 3. The van der Waals surface area contributed by atoms with Gasteiger partial charge in [0.15, 0.2) is 0 Å². The number of phenols is 1. The second kappa shape index (κ2) is 19.3. The monoisotopic (exact) mass is 824 g/mol. The molecule has 0 bridgehead atoms. The Morgan fingerprint density at radius 1 is 1.02 bits per heavy atom. The van der Waals surface area contributed by atoms with E-state index in [4.69, 9.17) is 14.2 Å². The minimum absolute atomic E-state index is 0.0314. The molecule has 5 rings (SSSR count). The second-order valence-electron chi connectivity index (χ2n) is 16.4. The summed E-state index contributed by atoms with van der Waals surface area (Å²) in [5.74, 6) is -5.03. The van der Waals surface area contributed by atoms with Crippen molar-refractivity contribution in [2.75, 3.05) is 13.1 Å². The molecule has 1 aliphatic carbocycles. The molecule has 0 unspecified atom stereocenters. The van der Waals surface area contributed by atoms with E-state index in [9.17, 15) is 44.7 Å². The van der Waals surface area contributed by atoms with Gasteiger partial charge in [-0.15, -0.1) is 5.10 Å². The Balaban J connectivity index is 1.25. The molecule has 1 aromatic heterocycles. The van der Waals surface area contributed by atoms with E-state index in [0.29, 0.717) is 28.9 Å². The Bertz CT molecular complexity index is 1910. The van der Waals surface area contributed by atoms with Gasteiger partial charge in [-0.2, -0.15) is 0 Å². The summed E-state index contributed by atoms with van der Waals surface area (Å²) in [6.07, 6.45) is -3.34. The number of aliphatic hydroxyl groups excluding tert-OH is 3. The van der Waals surface area contributed by atoms with Gasteiger partial charge in [-0.05, 0) is 95.0 Å². The smallest absolute Gasteiger partial charge is 0.407 e. The van der Waals surface area contributed by atoms with Crippen LogP contribution >= 0.6 is 0 Å². The van der Waals surface area contributed by atoms with Crippen molar-refractivity contribution in [1.82, 2.24) is 30.9 Å². The lowest BCUT2D eigenvalue weighted by Gasteiger charge is -2.46. The van der Waals surface area contributed by atoms with Crippen molar-refractivity contribution in [2.45, 2.75) is 128 Å². The quantitative estimate of drug-likeness (QED) is 0.109. The number of aliphatic hydroxyl groups is 3. The number of carbonyl (C=O) groups excluding carboxylic acids is 3. The van der Waals surface area contributed by atoms with Gasteiger partial charge in [0, 0.05) is 37.2 Å². The summed E-state index contributed by atoms with van der Waals surface area (Å²) in [5, 5.41) is 70.9. The van der Waals surface area contributed by atoms with Crippen LogP contribution in [-0.2, 0) is 37.0 Å². The number of aromatic hydroxyl groups is 1. The summed E-state index contributed by atoms with van der Waals surface area (Å²) >= 11 is 0. The molecular formula is C41H56N6O12. The summed E-state index contributed by atoms with van der Waals surface area (Å²) in [6, 6.07) is 10.1. The molecule has 0 radical (unpaired) electrons. The van der Waals surface area contributed by atoms with Crippen LogP contribution in [0.5, 0.6) is 5.75 Å². The van der Waals surface area contributed by atoms with Gasteiger partial charge in [0.05, 0.1) is 30.6 Å². The van der Waals surface area contributed by atoms with E-state index in [1.165, 1.54) is 16.8 Å². The Morgan fingerprint density at radius 2 is 1.68 bits per heavy atom. The van der Waals surface area contributed by atoms with E-state index in [1.807, 2.05) is 0 Å². The first-order valence-corrected chi connectivity index (χ1v) is 19.7. The average molecular weight is 825 g/mol. The van der Waals surface area contributed by atoms with Crippen LogP contribution in [-0.4, -0.2) is 119 Å². The van der Waals surface area contributed by atoms with E-state index in [1.54, 1.807) is 71.1 Å². The average Bonchev–Trinajstić information content (AvgIpc) is 3.65. The van der Waals surface area contributed by atoms with Crippen LogP contribution in [0.3, 0.4) is 0 Å². The normalized spacial score (nSPS) is 24.4. The predicted molar refractivity (Wildman–Crippen MR) is 210 cm³/mol. The molecule has 59 heavy (non-hydrogen) atoms. The van der Waals surface area contributed by atoms with Gasteiger partial charge in [0.25, 0.3) is 11.7 Å². The van der Waals surface area contributed by atoms with E-state index in [-0.39, 0.29) is 36.3 Å². The topological polar surface area (TPSA) is 264 Å². The molecule has 3 amide bonds. The van der Waals surface area contributed by atoms with Gasteiger partial charge in [0.1, 0.15) is 30.1 Å². The van der Waals surface area contributed by atoms with Crippen LogP contribution in [0.1, 0.15) is 91.5 Å². The van der Waals surface area contributed by atoms with Gasteiger partial charge in [-0.3, -0.25) is 9.59 Å². The van der Waals surface area contributed by atoms with Gasteiger partial charge >= 0.3 is 12.1 Å². The SMILES string of the molecule is Cc1cc(C(=O)NC[C@@H](O)[C@@H](O)[C@@H]2O[C@@](OCc3ccccc3)(C(=O)O)C[C@H](O)[C@H]2NC(=O)Cn2cc(C3CCC(CNC(=O)OC(C)(C)C)CC3)nn2)cc(C)c1O. The van der Waals surface area contributed by atoms with Crippen LogP contribution in [0.2, 0.25) is 0 Å². The molecule has 1 saturated carbocycles. The first kappa shape index (κ1) is 45.0. The lowest BCUT2D eigenvalue weighted by atomic mass is 9.81. The summed E-state index contributed by atoms with van der Waals surface area (Å²) in [4.78, 5) is 51.3.